The fraction of sp³-hybridized carbons (Fsp3) is 0.462. The highest BCUT2D eigenvalue weighted by molar-refractivity contribution is 14.1. The van der Waals surface area contributed by atoms with E-state index in [4.69, 9.17) is 0 Å². The van der Waals surface area contributed by atoms with E-state index in [2.05, 4.69) is 22.6 Å². The molecule has 0 aliphatic carbocycles. The molecule has 0 spiro atoms. The smallest absolute Gasteiger partial charge is 0.253 e. The predicted molar refractivity (Wildman–Crippen MR) is 77.2 cm³/mol. The number of nitrogens with zero attached hydrogens (tertiary/aromatic N) is 1. The van der Waals surface area contributed by atoms with Crippen LogP contribution in [0.4, 0.5) is 0 Å². The van der Waals surface area contributed by atoms with E-state index in [0.717, 1.165) is 14.7 Å². The minimum atomic E-state index is -0.373. The monoisotopic (exact) mass is 347 g/mol. The number of amides is 1. The summed E-state index contributed by atoms with van der Waals surface area (Å²) in [4.78, 5) is 13.8. The normalized spacial score (nSPS) is 12.3. The van der Waals surface area contributed by atoms with Gasteiger partial charge in [0.05, 0.1) is 6.10 Å². The van der Waals surface area contributed by atoms with E-state index in [9.17, 15) is 9.90 Å². The van der Waals surface area contributed by atoms with Crippen molar-refractivity contribution >= 4 is 28.5 Å². The number of carbonyl (C=O) groups is 1. The quantitative estimate of drug-likeness (QED) is 0.850. The standard InChI is InChI=1S/C13H18INO2/c1-9(16)7-8-15(3)13(17)11-5-4-6-12(14)10(11)2/h4-6,9,16H,7-8H2,1-3H3. The van der Waals surface area contributed by atoms with Crippen LogP contribution in [0.1, 0.15) is 29.3 Å². The second kappa shape index (κ2) is 6.35. The van der Waals surface area contributed by atoms with Gasteiger partial charge in [-0.2, -0.15) is 0 Å². The topological polar surface area (TPSA) is 40.5 Å². The van der Waals surface area contributed by atoms with Gasteiger partial charge in [-0.3, -0.25) is 4.79 Å². The van der Waals surface area contributed by atoms with Crippen molar-refractivity contribution in [2.45, 2.75) is 26.4 Å². The lowest BCUT2D eigenvalue weighted by atomic mass is 10.1. The number of carbonyl (C=O) groups excluding carboxylic acids is 1. The number of benzene rings is 1. The Morgan fingerprint density at radius 2 is 2.18 bits per heavy atom. The Bertz CT molecular complexity index is 404. The van der Waals surface area contributed by atoms with Crippen LogP contribution < -0.4 is 0 Å². The molecule has 1 unspecified atom stereocenters. The molecule has 0 heterocycles. The number of halogens is 1. The Balaban J connectivity index is 2.78. The van der Waals surface area contributed by atoms with E-state index in [1.165, 1.54) is 0 Å². The number of hydrogen-bond donors (Lipinski definition) is 1. The Hall–Kier alpha value is -0.620. The highest BCUT2D eigenvalue weighted by Gasteiger charge is 2.15. The van der Waals surface area contributed by atoms with Crippen molar-refractivity contribution in [3.63, 3.8) is 0 Å². The molecule has 0 radical (unpaired) electrons. The third-order valence-electron chi connectivity index (χ3n) is 2.73. The Kier molecular flexibility index (Phi) is 5.39. The van der Waals surface area contributed by atoms with Gasteiger partial charge in [0.15, 0.2) is 0 Å². The number of aliphatic hydroxyl groups is 1. The van der Waals surface area contributed by atoms with Crippen LogP contribution in [0.25, 0.3) is 0 Å². The molecule has 1 amide bonds. The fourth-order valence-corrected chi connectivity index (χ4v) is 2.02. The Labute approximate surface area is 116 Å². The second-order valence-electron chi connectivity index (χ2n) is 4.28. The van der Waals surface area contributed by atoms with Crippen molar-refractivity contribution in [2.24, 2.45) is 0 Å². The molecule has 17 heavy (non-hydrogen) atoms. The Morgan fingerprint density at radius 3 is 2.76 bits per heavy atom. The summed E-state index contributed by atoms with van der Waals surface area (Å²) in [5, 5.41) is 9.21. The molecule has 0 aromatic heterocycles. The predicted octanol–water partition coefficient (Wildman–Crippen LogP) is 2.44. The molecule has 3 nitrogen and oxygen atoms in total. The molecule has 0 aliphatic heterocycles. The van der Waals surface area contributed by atoms with Gasteiger partial charge in [-0.25, -0.2) is 0 Å². The van der Waals surface area contributed by atoms with Gasteiger partial charge < -0.3 is 10.0 Å². The zero-order valence-corrected chi connectivity index (χ0v) is 12.6. The minimum Gasteiger partial charge on any atom is -0.393 e. The zero-order valence-electron chi connectivity index (χ0n) is 10.4. The maximum absolute atomic E-state index is 12.2. The molecule has 4 heteroatoms. The van der Waals surface area contributed by atoms with Crippen LogP contribution in [0.2, 0.25) is 0 Å². The van der Waals surface area contributed by atoms with Crippen molar-refractivity contribution in [3.05, 3.63) is 32.9 Å². The van der Waals surface area contributed by atoms with E-state index in [1.54, 1.807) is 18.9 Å². The van der Waals surface area contributed by atoms with Gasteiger partial charge in [-0.1, -0.05) is 6.07 Å². The molecule has 1 aromatic carbocycles. The summed E-state index contributed by atoms with van der Waals surface area (Å²) >= 11 is 2.23. The highest BCUT2D eigenvalue weighted by atomic mass is 127. The summed E-state index contributed by atoms with van der Waals surface area (Å²) in [5.41, 5.74) is 1.76. The first-order chi connectivity index (χ1) is 7.93. The molecular formula is C13H18INO2. The van der Waals surface area contributed by atoms with Crippen molar-refractivity contribution in [1.29, 1.82) is 0 Å². The molecule has 0 fully saturated rings. The number of hydrogen-bond acceptors (Lipinski definition) is 2. The number of rotatable bonds is 4. The molecule has 1 aromatic rings. The van der Waals surface area contributed by atoms with Gasteiger partial charge in [-0.15, -0.1) is 0 Å². The van der Waals surface area contributed by atoms with Gasteiger partial charge in [0.25, 0.3) is 5.91 Å². The largest absolute Gasteiger partial charge is 0.393 e. The molecule has 1 N–H and O–H groups in total. The lowest BCUT2D eigenvalue weighted by Crippen LogP contribution is -2.30. The van der Waals surface area contributed by atoms with Crippen LogP contribution in [-0.4, -0.2) is 35.6 Å². The lowest BCUT2D eigenvalue weighted by Gasteiger charge is -2.19. The molecule has 1 rings (SSSR count). The number of aliphatic hydroxyl groups excluding tert-OH is 1. The molecule has 0 bridgehead atoms. The van der Waals surface area contributed by atoms with Crippen molar-refractivity contribution in [2.75, 3.05) is 13.6 Å². The summed E-state index contributed by atoms with van der Waals surface area (Å²) in [6.45, 7) is 4.26. The maximum atomic E-state index is 12.2. The minimum absolute atomic E-state index is 0.0154. The van der Waals surface area contributed by atoms with Crippen LogP contribution in [0.5, 0.6) is 0 Å². The first-order valence-corrected chi connectivity index (χ1v) is 6.70. The molecule has 94 valence electrons. The van der Waals surface area contributed by atoms with Crippen LogP contribution in [0.3, 0.4) is 0 Å². The van der Waals surface area contributed by atoms with Crippen LogP contribution in [-0.2, 0) is 0 Å². The van der Waals surface area contributed by atoms with Crippen LogP contribution >= 0.6 is 22.6 Å². The third kappa shape index (κ3) is 3.96. The first-order valence-electron chi connectivity index (χ1n) is 5.62. The van der Waals surface area contributed by atoms with Gasteiger partial charge >= 0.3 is 0 Å². The lowest BCUT2D eigenvalue weighted by molar-refractivity contribution is 0.0768. The fourth-order valence-electron chi connectivity index (χ4n) is 1.53. The van der Waals surface area contributed by atoms with E-state index in [0.29, 0.717) is 13.0 Å². The average molecular weight is 347 g/mol. The van der Waals surface area contributed by atoms with Crippen LogP contribution in [0.15, 0.2) is 18.2 Å². The molecule has 1 atom stereocenters. The van der Waals surface area contributed by atoms with E-state index < -0.39 is 0 Å². The van der Waals surface area contributed by atoms with E-state index in [-0.39, 0.29) is 12.0 Å². The van der Waals surface area contributed by atoms with Crippen molar-refractivity contribution in [3.8, 4) is 0 Å². The summed E-state index contributed by atoms with van der Waals surface area (Å²) in [6.07, 6.45) is 0.229. The molecular weight excluding hydrogens is 329 g/mol. The summed E-state index contributed by atoms with van der Waals surface area (Å²) in [5.74, 6) is 0.0154. The summed E-state index contributed by atoms with van der Waals surface area (Å²) in [6, 6.07) is 5.73. The van der Waals surface area contributed by atoms with Gasteiger partial charge in [0, 0.05) is 22.7 Å². The van der Waals surface area contributed by atoms with Gasteiger partial charge in [-0.05, 0) is 60.6 Å². The van der Waals surface area contributed by atoms with E-state index >= 15 is 0 Å². The summed E-state index contributed by atoms with van der Waals surface area (Å²) < 4.78 is 1.09. The first kappa shape index (κ1) is 14.4. The van der Waals surface area contributed by atoms with Crippen LogP contribution in [0, 0.1) is 10.5 Å². The van der Waals surface area contributed by atoms with Gasteiger partial charge in [0.1, 0.15) is 0 Å². The summed E-state index contributed by atoms with van der Waals surface area (Å²) in [7, 11) is 1.77. The maximum Gasteiger partial charge on any atom is 0.253 e. The Morgan fingerprint density at radius 1 is 1.53 bits per heavy atom. The molecule has 0 saturated heterocycles. The third-order valence-corrected chi connectivity index (χ3v) is 3.90. The van der Waals surface area contributed by atoms with E-state index in [1.807, 2.05) is 25.1 Å². The zero-order chi connectivity index (χ0) is 13.0. The molecule has 0 saturated carbocycles. The van der Waals surface area contributed by atoms with Crippen molar-refractivity contribution < 1.29 is 9.90 Å². The highest BCUT2D eigenvalue weighted by Crippen LogP contribution is 2.17. The second-order valence-corrected chi connectivity index (χ2v) is 5.44. The SMILES string of the molecule is Cc1c(I)cccc1C(=O)N(C)CCC(C)O. The molecule has 0 aliphatic rings. The van der Waals surface area contributed by atoms with Crippen molar-refractivity contribution in [1.82, 2.24) is 4.90 Å². The average Bonchev–Trinajstić information content (AvgIpc) is 2.28. The van der Waals surface area contributed by atoms with Gasteiger partial charge in [0.2, 0.25) is 0 Å².